The first-order chi connectivity index (χ1) is 8.06. The van der Waals surface area contributed by atoms with Crippen LogP contribution in [0.15, 0.2) is 20.3 Å². The van der Waals surface area contributed by atoms with E-state index in [1.165, 1.54) is 11.3 Å². The van der Waals surface area contributed by atoms with E-state index in [0.717, 1.165) is 8.66 Å². The molecule has 2 heterocycles. The van der Waals surface area contributed by atoms with Crippen molar-refractivity contribution in [3.63, 3.8) is 0 Å². The maximum Gasteiger partial charge on any atom is 0.322 e. The van der Waals surface area contributed by atoms with Crippen LogP contribution >= 0.6 is 27.3 Å². The standard InChI is InChI=1S/C10H10BrN3O2S/c1-5(2)8(15)12-10-14-13-9(16-10)6-3-4-7(11)17-6/h3-5H,1-2H3,(H,12,14,15). The maximum absolute atomic E-state index is 11.4. The topological polar surface area (TPSA) is 68.0 Å². The van der Waals surface area contributed by atoms with Crippen LogP contribution in [0.4, 0.5) is 6.01 Å². The fraction of sp³-hybridized carbons (Fsp3) is 0.300. The summed E-state index contributed by atoms with van der Waals surface area (Å²) >= 11 is 4.84. The number of aromatic nitrogens is 2. The molecule has 90 valence electrons. The first kappa shape index (κ1) is 12.3. The van der Waals surface area contributed by atoms with Crippen molar-refractivity contribution in [3.05, 3.63) is 15.9 Å². The second-order valence-corrected chi connectivity index (χ2v) is 6.12. The Morgan fingerprint density at radius 2 is 2.24 bits per heavy atom. The summed E-state index contributed by atoms with van der Waals surface area (Å²) in [6.45, 7) is 3.59. The third kappa shape index (κ3) is 2.92. The van der Waals surface area contributed by atoms with Crippen LogP contribution in [0, 0.1) is 5.92 Å². The normalized spacial score (nSPS) is 10.8. The number of amides is 1. The first-order valence-electron chi connectivity index (χ1n) is 4.96. The lowest BCUT2D eigenvalue weighted by atomic mass is 10.2. The second kappa shape index (κ2) is 4.97. The molecule has 2 aromatic rings. The molecular formula is C10H10BrN3O2S. The number of carbonyl (C=O) groups excluding carboxylic acids is 1. The van der Waals surface area contributed by atoms with E-state index < -0.39 is 0 Å². The molecule has 0 atom stereocenters. The van der Waals surface area contributed by atoms with Gasteiger partial charge in [-0.1, -0.05) is 18.9 Å². The smallest absolute Gasteiger partial charge is 0.322 e. The van der Waals surface area contributed by atoms with E-state index in [2.05, 4.69) is 31.4 Å². The predicted molar refractivity (Wildman–Crippen MR) is 68.8 cm³/mol. The number of halogens is 1. The minimum atomic E-state index is -0.146. The summed E-state index contributed by atoms with van der Waals surface area (Å²) in [5.41, 5.74) is 0. The lowest BCUT2D eigenvalue weighted by Gasteiger charge is -2.01. The molecule has 0 aliphatic carbocycles. The van der Waals surface area contributed by atoms with E-state index in [1.54, 1.807) is 13.8 Å². The van der Waals surface area contributed by atoms with Crippen LogP contribution in [0.2, 0.25) is 0 Å². The molecular weight excluding hydrogens is 306 g/mol. The average Bonchev–Trinajstić information content (AvgIpc) is 2.86. The summed E-state index contributed by atoms with van der Waals surface area (Å²) in [6.07, 6.45) is 0. The Kier molecular flexibility index (Phi) is 3.58. The molecule has 1 N–H and O–H groups in total. The van der Waals surface area contributed by atoms with Gasteiger partial charge in [0.05, 0.1) is 8.66 Å². The summed E-state index contributed by atoms with van der Waals surface area (Å²) in [6, 6.07) is 3.90. The lowest BCUT2D eigenvalue weighted by Crippen LogP contribution is -2.17. The van der Waals surface area contributed by atoms with Gasteiger partial charge in [0.2, 0.25) is 5.91 Å². The molecule has 7 heteroatoms. The van der Waals surface area contributed by atoms with Crippen molar-refractivity contribution in [1.29, 1.82) is 0 Å². The number of hydrogen-bond acceptors (Lipinski definition) is 5. The Balaban J connectivity index is 2.14. The summed E-state index contributed by atoms with van der Waals surface area (Å²) in [5, 5.41) is 10.2. The van der Waals surface area contributed by atoms with Crippen LogP contribution in [0.5, 0.6) is 0 Å². The molecule has 2 rings (SSSR count). The van der Waals surface area contributed by atoms with Crippen molar-refractivity contribution in [3.8, 4) is 10.8 Å². The van der Waals surface area contributed by atoms with E-state index >= 15 is 0 Å². The number of anilines is 1. The zero-order valence-electron chi connectivity index (χ0n) is 9.23. The van der Waals surface area contributed by atoms with Gasteiger partial charge in [0.1, 0.15) is 0 Å². The number of carbonyl (C=O) groups is 1. The molecule has 0 aliphatic heterocycles. The van der Waals surface area contributed by atoms with E-state index in [9.17, 15) is 4.79 Å². The number of nitrogens with zero attached hydrogens (tertiary/aromatic N) is 2. The average molecular weight is 316 g/mol. The monoisotopic (exact) mass is 315 g/mol. The van der Waals surface area contributed by atoms with Crippen LogP contribution in [0.3, 0.4) is 0 Å². The first-order valence-corrected chi connectivity index (χ1v) is 6.57. The molecule has 0 unspecified atom stereocenters. The zero-order chi connectivity index (χ0) is 12.4. The number of nitrogens with one attached hydrogen (secondary N) is 1. The largest absolute Gasteiger partial charge is 0.402 e. The number of thiophene rings is 1. The summed E-state index contributed by atoms with van der Waals surface area (Å²) < 4.78 is 6.32. The van der Waals surface area contributed by atoms with Gasteiger partial charge >= 0.3 is 6.01 Å². The van der Waals surface area contributed by atoms with E-state index in [4.69, 9.17) is 4.42 Å². The molecule has 1 amide bonds. The Morgan fingerprint density at radius 1 is 1.47 bits per heavy atom. The van der Waals surface area contributed by atoms with E-state index in [1.807, 2.05) is 12.1 Å². The molecule has 0 spiro atoms. The zero-order valence-corrected chi connectivity index (χ0v) is 11.6. The molecule has 5 nitrogen and oxygen atoms in total. The quantitative estimate of drug-likeness (QED) is 0.944. The second-order valence-electron chi connectivity index (χ2n) is 3.66. The molecule has 17 heavy (non-hydrogen) atoms. The Labute approximate surface area is 110 Å². The fourth-order valence-electron chi connectivity index (χ4n) is 1.05. The van der Waals surface area contributed by atoms with Crippen molar-refractivity contribution >= 4 is 39.2 Å². The van der Waals surface area contributed by atoms with Gasteiger partial charge in [-0.15, -0.1) is 16.4 Å². The van der Waals surface area contributed by atoms with E-state index in [0.29, 0.717) is 5.89 Å². The van der Waals surface area contributed by atoms with Crippen molar-refractivity contribution in [1.82, 2.24) is 10.2 Å². The highest BCUT2D eigenvalue weighted by molar-refractivity contribution is 9.11. The molecule has 0 radical (unpaired) electrons. The minimum absolute atomic E-state index is 0.124. The van der Waals surface area contributed by atoms with Crippen LogP contribution in [0.25, 0.3) is 10.8 Å². The van der Waals surface area contributed by atoms with Crippen LogP contribution in [0.1, 0.15) is 13.8 Å². The van der Waals surface area contributed by atoms with Gasteiger partial charge in [0.25, 0.3) is 5.89 Å². The third-order valence-electron chi connectivity index (χ3n) is 1.96. The van der Waals surface area contributed by atoms with Crippen LogP contribution in [-0.2, 0) is 4.79 Å². The predicted octanol–water partition coefficient (Wildman–Crippen LogP) is 3.16. The van der Waals surface area contributed by atoms with Crippen molar-refractivity contribution < 1.29 is 9.21 Å². The molecule has 0 saturated heterocycles. The SMILES string of the molecule is CC(C)C(=O)Nc1nnc(-c2ccc(Br)s2)o1. The van der Waals surface area contributed by atoms with Gasteiger partial charge in [0, 0.05) is 5.92 Å². The Bertz CT molecular complexity index is 535. The molecule has 0 aromatic carbocycles. The fourth-order valence-corrected chi connectivity index (χ4v) is 2.36. The summed E-state index contributed by atoms with van der Waals surface area (Å²) in [7, 11) is 0. The molecule has 2 aromatic heterocycles. The van der Waals surface area contributed by atoms with Gasteiger partial charge in [-0.05, 0) is 28.1 Å². The van der Waals surface area contributed by atoms with Gasteiger partial charge in [-0.2, -0.15) is 0 Å². The van der Waals surface area contributed by atoms with Crippen LogP contribution < -0.4 is 5.32 Å². The summed E-state index contributed by atoms with van der Waals surface area (Å²) in [5.74, 6) is 0.133. The van der Waals surface area contributed by atoms with E-state index in [-0.39, 0.29) is 17.8 Å². The molecule has 0 fully saturated rings. The third-order valence-corrected chi connectivity index (χ3v) is 3.58. The Hall–Kier alpha value is -1.21. The summed E-state index contributed by atoms with van der Waals surface area (Å²) in [4.78, 5) is 12.3. The highest BCUT2D eigenvalue weighted by atomic mass is 79.9. The van der Waals surface area contributed by atoms with Crippen molar-refractivity contribution in [2.24, 2.45) is 5.92 Å². The van der Waals surface area contributed by atoms with Gasteiger partial charge in [-0.25, -0.2) is 0 Å². The highest BCUT2D eigenvalue weighted by Crippen LogP contribution is 2.30. The lowest BCUT2D eigenvalue weighted by molar-refractivity contribution is -0.119. The van der Waals surface area contributed by atoms with Gasteiger partial charge < -0.3 is 4.42 Å². The maximum atomic E-state index is 11.4. The van der Waals surface area contributed by atoms with Crippen molar-refractivity contribution in [2.75, 3.05) is 5.32 Å². The Morgan fingerprint density at radius 3 is 2.82 bits per heavy atom. The van der Waals surface area contributed by atoms with Gasteiger partial charge in [0.15, 0.2) is 0 Å². The molecule has 0 bridgehead atoms. The highest BCUT2D eigenvalue weighted by Gasteiger charge is 2.14. The molecule has 0 aliphatic rings. The number of hydrogen-bond donors (Lipinski definition) is 1. The number of rotatable bonds is 3. The van der Waals surface area contributed by atoms with Gasteiger partial charge in [-0.3, -0.25) is 10.1 Å². The van der Waals surface area contributed by atoms with Crippen molar-refractivity contribution in [2.45, 2.75) is 13.8 Å². The minimum Gasteiger partial charge on any atom is -0.402 e. The van der Waals surface area contributed by atoms with Crippen LogP contribution in [-0.4, -0.2) is 16.1 Å². The molecule has 0 saturated carbocycles.